The normalized spacial score (nSPS) is 19.1. The first-order chi connectivity index (χ1) is 8.03. The van der Waals surface area contributed by atoms with Gasteiger partial charge in [-0.15, -0.1) is 0 Å². The van der Waals surface area contributed by atoms with Gasteiger partial charge in [0, 0.05) is 13.1 Å². The number of nitrogens with zero attached hydrogens (tertiary/aromatic N) is 1. The van der Waals surface area contributed by atoms with E-state index in [0.29, 0.717) is 31.0 Å². The number of piperidine rings is 1. The SMILES string of the molecule is NC1(C(=O)O)CCN(c2ccccc2Cl)CC1. The fourth-order valence-corrected chi connectivity index (χ4v) is 2.32. The van der Waals surface area contributed by atoms with E-state index in [9.17, 15) is 4.79 Å². The molecule has 0 saturated carbocycles. The predicted octanol–water partition coefficient (Wildman–Crippen LogP) is 1.72. The molecule has 0 aliphatic carbocycles. The number of anilines is 1. The van der Waals surface area contributed by atoms with Crippen LogP contribution in [0, 0.1) is 0 Å². The summed E-state index contributed by atoms with van der Waals surface area (Å²) >= 11 is 6.10. The number of halogens is 1. The molecule has 4 nitrogen and oxygen atoms in total. The lowest BCUT2D eigenvalue weighted by atomic mass is 9.88. The van der Waals surface area contributed by atoms with Crippen molar-refractivity contribution in [3.05, 3.63) is 29.3 Å². The molecule has 1 aromatic carbocycles. The van der Waals surface area contributed by atoms with Gasteiger partial charge in [0.1, 0.15) is 5.54 Å². The fraction of sp³-hybridized carbons (Fsp3) is 0.417. The van der Waals surface area contributed by atoms with Gasteiger partial charge < -0.3 is 15.7 Å². The van der Waals surface area contributed by atoms with Crippen molar-refractivity contribution in [2.75, 3.05) is 18.0 Å². The molecule has 1 saturated heterocycles. The summed E-state index contributed by atoms with van der Waals surface area (Å²) in [4.78, 5) is 13.1. The van der Waals surface area contributed by atoms with Crippen molar-refractivity contribution in [1.29, 1.82) is 0 Å². The Kier molecular flexibility index (Phi) is 3.26. The van der Waals surface area contributed by atoms with Gasteiger partial charge in [-0.2, -0.15) is 0 Å². The molecule has 2 rings (SSSR count). The molecule has 0 spiro atoms. The summed E-state index contributed by atoms with van der Waals surface area (Å²) in [5, 5.41) is 9.73. The molecule has 0 bridgehead atoms. The Labute approximate surface area is 105 Å². The van der Waals surface area contributed by atoms with Gasteiger partial charge in [0.15, 0.2) is 0 Å². The van der Waals surface area contributed by atoms with Gasteiger partial charge in [-0.3, -0.25) is 4.79 Å². The van der Waals surface area contributed by atoms with Crippen LogP contribution in [0.5, 0.6) is 0 Å². The van der Waals surface area contributed by atoms with Crippen LogP contribution in [-0.4, -0.2) is 29.7 Å². The molecule has 0 radical (unpaired) electrons. The molecular weight excluding hydrogens is 240 g/mol. The Morgan fingerprint density at radius 3 is 2.47 bits per heavy atom. The molecule has 1 aliphatic heterocycles. The Balaban J connectivity index is 2.10. The van der Waals surface area contributed by atoms with Crippen molar-refractivity contribution in [3.8, 4) is 0 Å². The highest BCUT2D eigenvalue weighted by molar-refractivity contribution is 6.33. The van der Waals surface area contributed by atoms with E-state index in [1.165, 1.54) is 0 Å². The maximum absolute atomic E-state index is 11.0. The van der Waals surface area contributed by atoms with Crippen molar-refractivity contribution in [1.82, 2.24) is 0 Å². The largest absolute Gasteiger partial charge is 0.480 e. The highest BCUT2D eigenvalue weighted by Gasteiger charge is 2.37. The number of carbonyl (C=O) groups is 1. The van der Waals surface area contributed by atoms with Crippen molar-refractivity contribution >= 4 is 23.3 Å². The Morgan fingerprint density at radius 1 is 1.35 bits per heavy atom. The number of hydrogen-bond acceptors (Lipinski definition) is 3. The zero-order chi connectivity index (χ0) is 12.5. The van der Waals surface area contributed by atoms with Gasteiger partial charge in [-0.1, -0.05) is 23.7 Å². The van der Waals surface area contributed by atoms with Gasteiger partial charge in [-0.05, 0) is 25.0 Å². The second-order valence-electron chi connectivity index (χ2n) is 4.40. The maximum Gasteiger partial charge on any atom is 0.323 e. The predicted molar refractivity (Wildman–Crippen MR) is 67.5 cm³/mol. The lowest BCUT2D eigenvalue weighted by Gasteiger charge is -2.37. The number of benzene rings is 1. The van der Waals surface area contributed by atoms with Gasteiger partial charge in [-0.25, -0.2) is 0 Å². The van der Waals surface area contributed by atoms with Gasteiger partial charge >= 0.3 is 5.97 Å². The van der Waals surface area contributed by atoms with Crippen LogP contribution in [0.3, 0.4) is 0 Å². The molecule has 3 N–H and O–H groups in total. The van der Waals surface area contributed by atoms with Crippen LogP contribution in [0.25, 0.3) is 0 Å². The fourth-order valence-electron chi connectivity index (χ4n) is 2.07. The molecule has 0 amide bonds. The summed E-state index contributed by atoms with van der Waals surface area (Å²) in [5.41, 5.74) is 5.68. The first-order valence-electron chi connectivity index (χ1n) is 5.55. The summed E-state index contributed by atoms with van der Waals surface area (Å²) in [6, 6.07) is 7.56. The van der Waals surface area contributed by atoms with Crippen molar-refractivity contribution in [3.63, 3.8) is 0 Å². The van der Waals surface area contributed by atoms with Crippen LogP contribution >= 0.6 is 11.6 Å². The average Bonchev–Trinajstić information content (AvgIpc) is 2.31. The number of aliphatic carboxylic acids is 1. The summed E-state index contributed by atoms with van der Waals surface area (Å²) in [7, 11) is 0. The van der Waals surface area contributed by atoms with E-state index in [-0.39, 0.29) is 0 Å². The molecule has 1 heterocycles. The topological polar surface area (TPSA) is 66.6 Å². The monoisotopic (exact) mass is 254 g/mol. The van der Waals surface area contributed by atoms with E-state index in [0.717, 1.165) is 5.69 Å². The first kappa shape index (κ1) is 12.2. The van der Waals surface area contributed by atoms with E-state index >= 15 is 0 Å². The Hall–Kier alpha value is -1.26. The van der Waals surface area contributed by atoms with Crippen LogP contribution in [0.15, 0.2) is 24.3 Å². The number of para-hydroxylation sites is 1. The molecule has 17 heavy (non-hydrogen) atoms. The van der Waals surface area contributed by atoms with E-state index < -0.39 is 11.5 Å². The molecule has 1 aromatic rings. The smallest absolute Gasteiger partial charge is 0.323 e. The molecule has 1 aliphatic rings. The Bertz CT molecular complexity index is 428. The second kappa shape index (κ2) is 4.55. The quantitative estimate of drug-likeness (QED) is 0.843. The maximum atomic E-state index is 11.0. The van der Waals surface area contributed by atoms with Crippen LogP contribution < -0.4 is 10.6 Å². The summed E-state index contributed by atoms with van der Waals surface area (Å²) in [6.07, 6.45) is 0.876. The second-order valence-corrected chi connectivity index (χ2v) is 4.81. The number of hydrogen-bond donors (Lipinski definition) is 2. The Morgan fingerprint density at radius 2 is 1.94 bits per heavy atom. The standard InChI is InChI=1S/C12H15ClN2O2/c13-9-3-1-2-4-10(9)15-7-5-12(14,6-8-15)11(16)17/h1-4H,5-8,14H2,(H,16,17). The van der Waals surface area contributed by atoms with Crippen LogP contribution in [-0.2, 0) is 4.79 Å². The number of carboxylic acid groups (broad SMARTS) is 1. The van der Waals surface area contributed by atoms with Crippen LogP contribution in [0.4, 0.5) is 5.69 Å². The third kappa shape index (κ3) is 2.37. The first-order valence-corrected chi connectivity index (χ1v) is 5.92. The third-order valence-electron chi connectivity index (χ3n) is 3.27. The van der Waals surface area contributed by atoms with Crippen LogP contribution in [0.2, 0.25) is 5.02 Å². The minimum Gasteiger partial charge on any atom is -0.480 e. The molecule has 0 atom stereocenters. The van der Waals surface area contributed by atoms with Crippen molar-refractivity contribution in [2.45, 2.75) is 18.4 Å². The molecular formula is C12H15ClN2O2. The minimum atomic E-state index is -1.09. The zero-order valence-electron chi connectivity index (χ0n) is 9.40. The van der Waals surface area contributed by atoms with Gasteiger partial charge in [0.25, 0.3) is 0 Å². The number of nitrogens with two attached hydrogens (primary N) is 1. The summed E-state index contributed by atoms with van der Waals surface area (Å²) in [6.45, 7) is 1.24. The van der Waals surface area contributed by atoms with E-state index in [2.05, 4.69) is 4.90 Å². The summed E-state index contributed by atoms with van der Waals surface area (Å²) < 4.78 is 0. The van der Waals surface area contributed by atoms with Crippen molar-refractivity contribution in [2.24, 2.45) is 5.73 Å². The number of carboxylic acids is 1. The zero-order valence-corrected chi connectivity index (χ0v) is 10.2. The van der Waals surface area contributed by atoms with Gasteiger partial charge in [0.2, 0.25) is 0 Å². The average molecular weight is 255 g/mol. The third-order valence-corrected chi connectivity index (χ3v) is 3.59. The highest BCUT2D eigenvalue weighted by Crippen LogP contribution is 2.30. The van der Waals surface area contributed by atoms with Gasteiger partial charge in [0.05, 0.1) is 10.7 Å². The van der Waals surface area contributed by atoms with Crippen LogP contribution in [0.1, 0.15) is 12.8 Å². The van der Waals surface area contributed by atoms with E-state index in [4.69, 9.17) is 22.4 Å². The minimum absolute atomic E-state index is 0.438. The van der Waals surface area contributed by atoms with Crippen molar-refractivity contribution < 1.29 is 9.90 Å². The lowest BCUT2D eigenvalue weighted by molar-refractivity contribution is -0.144. The molecule has 1 fully saturated rings. The molecule has 0 unspecified atom stereocenters. The lowest BCUT2D eigenvalue weighted by Crippen LogP contribution is -2.55. The summed E-state index contributed by atoms with van der Waals surface area (Å²) in [5.74, 6) is -0.920. The molecule has 5 heteroatoms. The highest BCUT2D eigenvalue weighted by atomic mass is 35.5. The number of rotatable bonds is 2. The molecule has 0 aromatic heterocycles. The van der Waals surface area contributed by atoms with E-state index in [1.807, 2.05) is 24.3 Å². The molecule has 92 valence electrons. The van der Waals surface area contributed by atoms with E-state index in [1.54, 1.807) is 0 Å².